The van der Waals surface area contributed by atoms with Crippen LogP contribution in [0, 0.1) is 22.7 Å². The number of carbonyl (C=O) groups excluding carboxylic acids is 1. The van der Waals surface area contributed by atoms with Crippen LogP contribution >= 0.6 is 11.8 Å². The number of anilines is 1. The van der Waals surface area contributed by atoms with Crippen molar-refractivity contribution in [1.82, 2.24) is 10.3 Å². The van der Waals surface area contributed by atoms with Crippen LogP contribution in [0.2, 0.25) is 0 Å². The molecule has 2 aromatic carbocycles. The second-order valence-corrected chi connectivity index (χ2v) is 9.41. The Morgan fingerprint density at radius 1 is 1.05 bits per heavy atom. The average Bonchev–Trinajstić information content (AvgIpc) is 2.94. The minimum Gasteiger partial charge on any atom is -0.493 e. The standard InChI is InChI=1S/C28H29N5O4S/c1-6-23(27(34)32-16(2)17-10-8-7-9-11-17)38-28-20(15-30)24(19(14-29)26(31)33-28)18-12-21(35-3)25(37-5)22(13-18)36-4/h7-13,16,23H,6H2,1-5H3,(H2,31,33)(H,32,34)/t16-,23-/m1/s1. The number of rotatable bonds is 10. The minimum absolute atomic E-state index is 0.0374. The first-order valence-electron chi connectivity index (χ1n) is 11.8. The summed E-state index contributed by atoms with van der Waals surface area (Å²) in [6.45, 7) is 3.79. The van der Waals surface area contributed by atoms with Gasteiger partial charge in [0.25, 0.3) is 0 Å². The zero-order valence-electron chi connectivity index (χ0n) is 21.9. The molecule has 0 aliphatic carbocycles. The first-order valence-corrected chi connectivity index (χ1v) is 12.7. The smallest absolute Gasteiger partial charge is 0.234 e. The van der Waals surface area contributed by atoms with Crippen molar-refractivity contribution >= 4 is 23.5 Å². The first-order chi connectivity index (χ1) is 18.3. The van der Waals surface area contributed by atoms with Gasteiger partial charge in [0.05, 0.1) is 38.2 Å². The van der Waals surface area contributed by atoms with Crippen LogP contribution in [0.25, 0.3) is 11.1 Å². The lowest BCUT2D eigenvalue weighted by atomic mass is 9.96. The summed E-state index contributed by atoms with van der Waals surface area (Å²) >= 11 is 1.13. The van der Waals surface area contributed by atoms with Gasteiger partial charge in [0.15, 0.2) is 11.5 Å². The third kappa shape index (κ3) is 5.77. The van der Waals surface area contributed by atoms with E-state index in [-0.39, 0.29) is 39.5 Å². The van der Waals surface area contributed by atoms with E-state index in [4.69, 9.17) is 19.9 Å². The maximum absolute atomic E-state index is 13.2. The number of hydrogen-bond acceptors (Lipinski definition) is 9. The van der Waals surface area contributed by atoms with Crippen molar-refractivity contribution < 1.29 is 19.0 Å². The Hall–Kier alpha value is -4.41. The van der Waals surface area contributed by atoms with Gasteiger partial charge in [-0.1, -0.05) is 49.0 Å². The summed E-state index contributed by atoms with van der Waals surface area (Å²) in [5.41, 5.74) is 8.06. The summed E-state index contributed by atoms with van der Waals surface area (Å²) in [7, 11) is 4.43. The van der Waals surface area contributed by atoms with Crippen molar-refractivity contribution in [2.45, 2.75) is 36.6 Å². The molecule has 0 bridgehead atoms. The largest absolute Gasteiger partial charge is 0.493 e. The van der Waals surface area contributed by atoms with E-state index in [2.05, 4.69) is 22.4 Å². The van der Waals surface area contributed by atoms with Gasteiger partial charge in [-0.05, 0) is 36.6 Å². The summed E-state index contributed by atoms with van der Waals surface area (Å²) in [5, 5.41) is 22.8. The van der Waals surface area contributed by atoms with Gasteiger partial charge >= 0.3 is 0 Å². The second-order valence-electron chi connectivity index (χ2n) is 8.22. The van der Waals surface area contributed by atoms with Gasteiger partial charge in [-0.2, -0.15) is 10.5 Å². The van der Waals surface area contributed by atoms with E-state index in [1.165, 1.54) is 21.3 Å². The molecule has 0 fully saturated rings. The van der Waals surface area contributed by atoms with Crippen LogP contribution < -0.4 is 25.3 Å². The fourth-order valence-corrected chi connectivity index (χ4v) is 5.01. The van der Waals surface area contributed by atoms with E-state index in [1.807, 2.05) is 44.2 Å². The van der Waals surface area contributed by atoms with Crippen molar-refractivity contribution in [3.63, 3.8) is 0 Å². The highest BCUT2D eigenvalue weighted by atomic mass is 32.2. The molecule has 2 atom stereocenters. The molecule has 3 rings (SSSR count). The van der Waals surface area contributed by atoms with Gasteiger partial charge < -0.3 is 25.3 Å². The third-order valence-electron chi connectivity index (χ3n) is 5.94. The van der Waals surface area contributed by atoms with Crippen LogP contribution in [0.5, 0.6) is 17.2 Å². The predicted molar refractivity (Wildman–Crippen MR) is 146 cm³/mol. The van der Waals surface area contributed by atoms with Crippen LogP contribution in [-0.2, 0) is 4.79 Å². The van der Waals surface area contributed by atoms with E-state index < -0.39 is 5.25 Å². The van der Waals surface area contributed by atoms with Crippen molar-refractivity contribution in [1.29, 1.82) is 10.5 Å². The van der Waals surface area contributed by atoms with Crippen molar-refractivity contribution in [3.8, 4) is 40.5 Å². The molecular weight excluding hydrogens is 502 g/mol. The van der Waals surface area contributed by atoms with Gasteiger partial charge in [0, 0.05) is 5.56 Å². The number of aromatic nitrogens is 1. The molecule has 0 saturated carbocycles. The number of thioether (sulfide) groups is 1. The fraction of sp³-hybridized carbons (Fsp3) is 0.286. The molecule has 1 aromatic heterocycles. The number of hydrogen-bond donors (Lipinski definition) is 2. The summed E-state index contributed by atoms with van der Waals surface area (Å²) in [6.07, 6.45) is 0.476. The molecule has 0 unspecified atom stereocenters. The second kappa shape index (κ2) is 12.7. The zero-order valence-corrected chi connectivity index (χ0v) is 22.7. The van der Waals surface area contributed by atoms with Gasteiger partial charge in [-0.3, -0.25) is 4.79 Å². The monoisotopic (exact) mass is 531 g/mol. The van der Waals surface area contributed by atoms with Crippen LogP contribution in [0.3, 0.4) is 0 Å². The molecule has 9 nitrogen and oxygen atoms in total. The maximum Gasteiger partial charge on any atom is 0.234 e. The van der Waals surface area contributed by atoms with E-state index in [0.29, 0.717) is 29.2 Å². The highest BCUT2D eigenvalue weighted by molar-refractivity contribution is 8.00. The Balaban J connectivity index is 2.08. The number of pyridine rings is 1. The number of nitriles is 2. The lowest BCUT2D eigenvalue weighted by molar-refractivity contribution is -0.121. The lowest BCUT2D eigenvalue weighted by Crippen LogP contribution is -2.34. The Bertz CT molecular complexity index is 1370. The SMILES string of the molecule is CC[C@@H](Sc1nc(N)c(C#N)c(-c2cc(OC)c(OC)c(OC)c2)c1C#N)C(=O)N[C@H](C)c1ccccc1. The molecule has 0 aliphatic rings. The Morgan fingerprint density at radius 2 is 1.66 bits per heavy atom. The zero-order chi connectivity index (χ0) is 27.8. The molecule has 1 amide bonds. The number of nitrogen functional groups attached to an aromatic ring is 1. The minimum atomic E-state index is -0.555. The molecule has 38 heavy (non-hydrogen) atoms. The third-order valence-corrected chi connectivity index (χ3v) is 7.30. The molecular formula is C28H29N5O4S. The molecule has 10 heteroatoms. The molecule has 3 aromatic rings. The number of ether oxygens (including phenoxy) is 3. The van der Waals surface area contributed by atoms with Gasteiger partial charge in [-0.25, -0.2) is 4.98 Å². The molecule has 0 radical (unpaired) electrons. The van der Waals surface area contributed by atoms with Gasteiger partial charge in [0.2, 0.25) is 11.7 Å². The number of carbonyl (C=O) groups is 1. The predicted octanol–water partition coefficient (Wildman–Crippen LogP) is 4.85. The average molecular weight is 532 g/mol. The number of nitrogens with two attached hydrogens (primary N) is 1. The van der Waals surface area contributed by atoms with Gasteiger partial charge in [-0.15, -0.1) is 0 Å². The fourth-order valence-electron chi connectivity index (χ4n) is 3.99. The van der Waals surface area contributed by atoms with Crippen LogP contribution in [-0.4, -0.2) is 37.5 Å². The number of benzene rings is 2. The lowest BCUT2D eigenvalue weighted by Gasteiger charge is -2.21. The van der Waals surface area contributed by atoms with Gasteiger partial charge in [0.1, 0.15) is 28.5 Å². The summed E-state index contributed by atoms with van der Waals surface area (Å²) < 4.78 is 16.3. The highest BCUT2D eigenvalue weighted by Crippen LogP contribution is 2.44. The molecule has 0 spiro atoms. The van der Waals surface area contributed by atoms with E-state index >= 15 is 0 Å². The van der Waals surface area contributed by atoms with E-state index in [0.717, 1.165) is 17.3 Å². The van der Waals surface area contributed by atoms with Crippen molar-refractivity contribution in [2.24, 2.45) is 0 Å². The number of methoxy groups -OCH3 is 3. The highest BCUT2D eigenvalue weighted by Gasteiger charge is 2.27. The molecule has 1 heterocycles. The first kappa shape index (κ1) is 28.2. The van der Waals surface area contributed by atoms with Crippen molar-refractivity contribution in [2.75, 3.05) is 27.1 Å². The molecule has 0 aliphatic heterocycles. The van der Waals surface area contributed by atoms with Crippen LogP contribution in [0.4, 0.5) is 5.82 Å². The summed E-state index contributed by atoms with van der Waals surface area (Å²) in [5.74, 6) is 0.810. The quantitative estimate of drug-likeness (QED) is 0.351. The van der Waals surface area contributed by atoms with E-state index in [9.17, 15) is 15.3 Å². The summed E-state index contributed by atoms with van der Waals surface area (Å²) in [4.78, 5) is 17.5. The maximum atomic E-state index is 13.2. The molecule has 0 saturated heterocycles. The van der Waals surface area contributed by atoms with Crippen LogP contribution in [0.15, 0.2) is 47.5 Å². The van der Waals surface area contributed by atoms with E-state index in [1.54, 1.807) is 12.1 Å². The molecule has 3 N–H and O–H groups in total. The Morgan fingerprint density at radius 3 is 2.16 bits per heavy atom. The normalized spacial score (nSPS) is 12.0. The number of nitrogens with one attached hydrogen (secondary N) is 1. The summed E-state index contributed by atoms with van der Waals surface area (Å²) in [6, 6.07) is 16.9. The Labute approximate surface area is 226 Å². The van der Waals surface area contributed by atoms with Crippen molar-refractivity contribution in [3.05, 3.63) is 59.2 Å². The van der Waals surface area contributed by atoms with Crippen LogP contribution in [0.1, 0.15) is 43.0 Å². The number of nitrogens with zero attached hydrogens (tertiary/aromatic N) is 3. The number of amides is 1. The topological polar surface area (TPSA) is 143 Å². The molecule has 196 valence electrons. The Kier molecular flexibility index (Phi) is 9.42.